The van der Waals surface area contributed by atoms with Crippen LogP contribution in [0.1, 0.15) is 89.5 Å². The van der Waals surface area contributed by atoms with Crippen LogP contribution in [-0.4, -0.2) is 63.8 Å². The molecule has 0 spiro atoms. The largest absolute Gasteiger partial charge is 0.573 e. The molecule has 0 amide bonds. The zero-order chi connectivity index (χ0) is 37.6. The van der Waals surface area contributed by atoms with E-state index in [1.54, 1.807) is 0 Å². The first-order chi connectivity index (χ1) is 24.4. The van der Waals surface area contributed by atoms with Crippen molar-refractivity contribution in [2.45, 2.75) is 110 Å². The van der Waals surface area contributed by atoms with Crippen LogP contribution in [0.25, 0.3) is 28.0 Å². The number of imidazole rings is 1. The standard InChI is InChI=1S/C40H48F3N3O6/c1-24-11-8-9-20-49-39(7)16-18-45(19-17-39)36-33(34(37(47)48)52-38(4,5)6)25(2)26(3)35-44-31(23-46(35)36)28-13-10-12-27(21-28)30-22-29(51-40(41,42)43)14-15-32(30)50-24/h10,12-15,21-24,34H,8-9,11,16-20H2,1-7H3,(H,47,48)/t24-,34-/m0/s1. The van der Waals surface area contributed by atoms with Crippen molar-refractivity contribution in [1.82, 2.24) is 9.38 Å². The number of ether oxygens (including phenoxy) is 4. The Morgan fingerprint density at radius 3 is 2.42 bits per heavy atom. The van der Waals surface area contributed by atoms with E-state index < -0.39 is 24.0 Å². The van der Waals surface area contributed by atoms with E-state index in [0.717, 1.165) is 48.8 Å². The first-order valence-corrected chi connectivity index (χ1v) is 17.9. The minimum Gasteiger partial charge on any atom is -0.490 e. The smallest absolute Gasteiger partial charge is 0.490 e. The highest BCUT2D eigenvalue weighted by Crippen LogP contribution is 2.42. The first kappa shape index (κ1) is 37.5. The van der Waals surface area contributed by atoms with Crippen LogP contribution in [0.15, 0.2) is 48.7 Å². The molecular weight excluding hydrogens is 675 g/mol. The van der Waals surface area contributed by atoms with Crippen molar-refractivity contribution in [3.8, 4) is 33.9 Å². The number of rotatable bonds is 4. The number of hydrogen-bond acceptors (Lipinski definition) is 7. The van der Waals surface area contributed by atoms with Gasteiger partial charge >= 0.3 is 12.3 Å². The number of carbonyl (C=O) groups is 1. The summed E-state index contributed by atoms with van der Waals surface area (Å²) in [5, 5.41) is 10.6. The van der Waals surface area contributed by atoms with E-state index in [4.69, 9.17) is 19.2 Å². The zero-order valence-corrected chi connectivity index (χ0v) is 30.9. The third kappa shape index (κ3) is 8.18. The molecule has 12 heteroatoms. The average molecular weight is 724 g/mol. The molecule has 9 nitrogen and oxygen atoms in total. The fraction of sp³-hybridized carbons (Fsp3) is 0.500. The van der Waals surface area contributed by atoms with Gasteiger partial charge < -0.3 is 29.0 Å². The van der Waals surface area contributed by atoms with Gasteiger partial charge in [0.25, 0.3) is 0 Å². The predicted molar refractivity (Wildman–Crippen MR) is 193 cm³/mol. The lowest BCUT2D eigenvalue weighted by Crippen LogP contribution is -2.45. The second kappa shape index (κ2) is 14.3. The van der Waals surface area contributed by atoms with Crippen LogP contribution < -0.4 is 14.4 Å². The Balaban J connectivity index is 1.56. The van der Waals surface area contributed by atoms with Gasteiger partial charge in [-0.1, -0.05) is 18.2 Å². The molecule has 0 aliphatic carbocycles. The molecule has 280 valence electrons. The van der Waals surface area contributed by atoms with E-state index in [1.165, 1.54) is 18.2 Å². The molecule has 1 saturated heterocycles. The number of carboxylic acid groups (broad SMARTS) is 1. The van der Waals surface area contributed by atoms with E-state index in [9.17, 15) is 23.1 Å². The average Bonchev–Trinajstić information content (AvgIpc) is 3.51. The second-order valence-corrected chi connectivity index (χ2v) is 15.3. The zero-order valence-electron chi connectivity index (χ0n) is 30.9. The second-order valence-electron chi connectivity index (χ2n) is 15.3. The van der Waals surface area contributed by atoms with Gasteiger partial charge in [-0.05, 0) is 122 Å². The molecule has 6 bridgehead atoms. The number of alkyl halides is 3. The molecule has 5 heterocycles. The monoisotopic (exact) mass is 723 g/mol. The highest BCUT2D eigenvalue weighted by Gasteiger charge is 2.38. The molecule has 3 aliphatic heterocycles. The quantitative estimate of drug-likeness (QED) is 0.223. The Morgan fingerprint density at radius 1 is 1.04 bits per heavy atom. The summed E-state index contributed by atoms with van der Waals surface area (Å²) in [6, 6.07) is 11.5. The third-order valence-corrected chi connectivity index (χ3v) is 9.99. The number of anilines is 1. The molecule has 1 N–H and O–H groups in total. The van der Waals surface area contributed by atoms with E-state index in [1.807, 2.05) is 76.4 Å². The summed E-state index contributed by atoms with van der Waals surface area (Å²) in [6.07, 6.45) is -0.490. The maximum absolute atomic E-state index is 13.3. The molecule has 2 aromatic carbocycles. The molecule has 1 fully saturated rings. The molecule has 0 radical (unpaired) electrons. The predicted octanol–water partition coefficient (Wildman–Crippen LogP) is 9.45. The van der Waals surface area contributed by atoms with Crippen LogP contribution in [0, 0.1) is 13.8 Å². The number of fused-ring (bicyclic) bond motifs is 8. The van der Waals surface area contributed by atoms with Gasteiger partial charge in [-0.25, -0.2) is 9.78 Å². The van der Waals surface area contributed by atoms with Crippen molar-refractivity contribution >= 4 is 17.4 Å². The summed E-state index contributed by atoms with van der Waals surface area (Å²) < 4.78 is 65.3. The number of hydrogen-bond donors (Lipinski definition) is 1. The van der Waals surface area contributed by atoms with Gasteiger partial charge in [0.1, 0.15) is 23.0 Å². The number of carboxylic acids is 1. The summed E-state index contributed by atoms with van der Waals surface area (Å²) in [6.45, 7) is 15.3. The van der Waals surface area contributed by atoms with E-state index in [-0.39, 0.29) is 17.5 Å². The van der Waals surface area contributed by atoms with Crippen LogP contribution in [0.4, 0.5) is 19.0 Å². The molecule has 0 saturated carbocycles. The summed E-state index contributed by atoms with van der Waals surface area (Å²) in [5.41, 5.74) is 4.18. The van der Waals surface area contributed by atoms with Gasteiger partial charge in [-0.15, -0.1) is 13.2 Å². The van der Waals surface area contributed by atoms with Gasteiger partial charge in [0.2, 0.25) is 0 Å². The third-order valence-electron chi connectivity index (χ3n) is 9.99. The Morgan fingerprint density at radius 2 is 1.75 bits per heavy atom. The summed E-state index contributed by atoms with van der Waals surface area (Å²) in [7, 11) is 0. The topological polar surface area (TPSA) is 94.8 Å². The summed E-state index contributed by atoms with van der Waals surface area (Å²) >= 11 is 0. The fourth-order valence-corrected chi connectivity index (χ4v) is 7.18. The molecule has 3 aliphatic rings. The summed E-state index contributed by atoms with van der Waals surface area (Å²) in [5.74, 6) is -0.280. The van der Waals surface area contributed by atoms with Crippen LogP contribution in [0.5, 0.6) is 11.5 Å². The van der Waals surface area contributed by atoms with Crippen molar-refractivity contribution in [3.63, 3.8) is 0 Å². The lowest BCUT2D eigenvalue weighted by atomic mass is 9.92. The lowest BCUT2D eigenvalue weighted by Gasteiger charge is -2.42. The highest BCUT2D eigenvalue weighted by atomic mass is 19.4. The van der Waals surface area contributed by atoms with Gasteiger partial charge in [0.05, 0.1) is 23.0 Å². The van der Waals surface area contributed by atoms with Crippen LogP contribution >= 0.6 is 0 Å². The van der Waals surface area contributed by atoms with Gasteiger partial charge in [-0.3, -0.25) is 4.40 Å². The Hall–Kier alpha value is -4.29. The Bertz CT molecular complexity index is 1940. The number of nitrogens with zero attached hydrogens (tertiary/aromatic N) is 3. The van der Waals surface area contributed by atoms with Crippen molar-refractivity contribution in [3.05, 3.63) is 65.4 Å². The van der Waals surface area contributed by atoms with Crippen molar-refractivity contribution in [2.75, 3.05) is 24.6 Å². The highest BCUT2D eigenvalue weighted by molar-refractivity contribution is 5.82. The molecule has 7 rings (SSSR count). The summed E-state index contributed by atoms with van der Waals surface area (Å²) in [4.78, 5) is 20.3. The maximum atomic E-state index is 13.3. The molecule has 4 aromatic rings. The lowest BCUT2D eigenvalue weighted by molar-refractivity contribution is -0.274. The first-order valence-electron chi connectivity index (χ1n) is 17.9. The number of aryl methyl sites for hydroxylation is 1. The number of aromatic nitrogens is 2. The molecule has 2 aromatic heterocycles. The van der Waals surface area contributed by atoms with Crippen molar-refractivity contribution < 1.29 is 42.0 Å². The number of halogens is 3. The molecule has 52 heavy (non-hydrogen) atoms. The van der Waals surface area contributed by atoms with Crippen molar-refractivity contribution in [1.29, 1.82) is 0 Å². The Labute approximate surface area is 302 Å². The van der Waals surface area contributed by atoms with Crippen LogP contribution in [0.3, 0.4) is 0 Å². The minimum atomic E-state index is -4.85. The van der Waals surface area contributed by atoms with E-state index in [2.05, 4.69) is 16.6 Å². The molecular formula is C40H48F3N3O6. The minimum absolute atomic E-state index is 0.199. The molecule has 0 unspecified atom stereocenters. The van der Waals surface area contributed by atoms with Gasteiger partial charge in [-0.2, -0.15) is 0 Å². The van der Waals surface area contributed by atoms with Crippen molar-refractivity contribution in [2.24, 2.45) is 0 Å². The maximum Gasteiger partial charge on any atom is 0.573 e. The van der Waals surface area contributed by atoms with Crippen LogP contribution in [0.2, 0.25) is 0 Å². The number of pyridine rings is 1. The van der Waals surface area contributed by atoms with E-state index in [0.29, 0.717) is 59.3 Å². The normalized spacial score (nSPS) is 20.7. The van der Waals surface area contributed by atoms with Gasteiger partial charge in [0, 0.05) is 42.6 Å². The number of piperidine rings is 1. The number of aliphatic carboxylic acids is 1. The fourth-order valence-electron chi connectivity index (χ4n) is 7.18. The number of benzene rings is 2. The SMILES string of the molecule is Cc1c([C@H](OC(C)(C)C)C(=O)O)c2n3cc(nc3c1C)-c1cccc(c1)-c1cc(OC(F)(F)F)ccc1O[C@@H](C)CCCCOC1(C)CCN2CC1. The molecule has 2 atom stereocenters. The Kier molecular flexibility index (Phi) is 10.3. The van der Waals surface area contributed by atoms with Gasteiger partial charge in [0.15, 0.2) is 6.10 Å². The van der Waals surface area contributed by atoms with E-state index >= 15 is 0 Å². The van der Waals surface area contributed by atoms with Crippen LogP contribution in [-0.2, 0) is 14.3 Å².